The zero-order valence-corrected chi connectivity index (χ0v) is 14.6. The Labute approximate surface area is 152 Å². The van der Waals surface area contributed by atoms with E-state index in [1.165, 1.54) is 6.39 Å². The number of aromatic nitrogens is 5. The Hall–Kier alpha value is -3.48. The Kier molecular flexibility index (Phi) is 2.73. The third-order valence-corrected chi connectivity index (χ3v) is 5.42. The van der Waals surface area contributed by atoms with E-state index in [0.717, 1.165) is 51.5 Å². The van der Waals surface area contributed by atoms with Crippen molar-refractivity contribution in [2.24, 2.45) is 0 Å². The first-order chi connectivity index (χ1) is 13.2. The van der Waals surface area contributed by atoms with Crippen LogP contribution in [0.4, 0.5) is 0 Å². The predicted octanol–water partition coefficient (Wildman–Crippen LogP) is 3.72. The zero-order valence-electron chi connectivity index (χ0n) is 14.6. The monoisotopic (exact) mass is 357 g/mol. The van der Waals surface area contributed by atoms with Gasteiger partial charge in [0.05, 0.1) is 11.7 Å². The van der Waals surface area contributed by atoms with Crippen molar-refractivity contribution in [3.8, 4) is 11.1 Å². The number of benzene rings is 1. The molecule has 1 fully saturated rings. The van der Waals surface area contributed by atoms with Crippen molar-refractivity contribution in [3.05, 3.63) is 52.9 Å². The number of rotatable bonds is 2. The summed E-state index contributed by atoms with van der Waals surface area (Å²) in [7, 11) is 0. The van der Waals surface area contributed by atoms with Gasteiger partial charge in [0, 0.05) is 28.6 Å². The number of nitrogens with zero attached hydrogens (tertiary/aromatic N) is 4. The lowest BCUT2D eigenvalue weighted by molar-refractivity contribution is 0.604. The summed E-state index contributed by atoms with van der Waals surface area (Å²) >= 11 is 0. The van der Waals surface area contributed by atoms with Gasteiger partial charge in [-0.3, -0.25) is 9.89 Å². The Balaban J connectivity index is 1.73. The largest absolute Gasteiger partial charge is 0.443 e. The molecule has 1 aromatic carbocycles. The molecule has 0 saturated heterocycles. The maximum atomic E-state index is 13.0. The summed E-state index contributed by atoms with van der Waals surface area (Å²) in [4.78, 5) is 21.7. The fourth-order valence-electron chi connectivity index (χ4n) is 3.98. The van der Waals surface area contributed by atoms with E-state index in [9.17, 15) is 4.79 Å². The highest BCUT2D eigenvalue weighted by atomic mass is 16.3. The van der Waals surface area contributed by atoms with E-state index in [1.807, 2.05) is 16.8 Å². The molecule has 0 aliphatic heterocycles. The molecule has 5 aromatic rings. The minimum atomic E-state index is -0.0718. The minimum Gasteiger partial charge on any atom is -0.443 e. The van der Waals surface area contributed by atoms with Crippen LogP contribution in [0.3, 0.4) is 0 Å². The number of aryl methyl sites for hydroxylation is 1. The van der Waals surface area contributed by atoms with E-state index in [1.54, 1.807) is 6.20 Å². The van der Waals surface area contributed by atoms with Gasteiger partial charge in [-0.25, -0.2) is 9.97 Å². The van der Waals surface area contributed by atoms with Crippen molar-refractivity contribution in [2.75, 3.05) is 0 Å². The Bertz CT molecular complexity index is 1420. The van der Waals surface area contributed by atoms with Crippen molar-refractivity contribution >= 4 is 33.0 Å². The van der Waals surface area contributed by atoms with Crippen LogP contribution < -0.4 is 5.56 Å². The highest BCUT2D eigenvalue weighted by Crippen LogP contribution is 2.40. The summed E-state index contributed by atoms with van der Waals surface area (Å²) in [5.41, 5.74) is 5.67. The lowest BCUT2D eigenvalue weighted by atomic mass is 9.97. The molecule has 0 spiro atoms. The average Bonchev–Trinajstić information content (AvgIpc) is 3.19. The van der Waals surface area contributed by atoms with Crippen molar-refractivity contribution in [1.29, 1.82) is 0 Å². The molecule has 1 saturated carbocycles. The van der Waals surface area contributed by atoms with E-state index in [0.29, 0.717) is 11.1 Å². The number of H-pyrrole nitrogens is 1. The molecular formula is C20H15N5O2. The van der Waals surface area contributed by atoms with Crippen molar-refractivity contribution in [1.82, 2.24) is 24.7 Å². The SMILES string of the molecule is Cc1c(-c2cnc3[nH]ncc3c2)ccc2c3ocnc3c(=O)n(C3CC3)c12. The number of hydrogen-bond acceptors (Lipinski definition) is 5. The first kappa shape index (κ1) is 14.7. The average molecular weight is 357 g/mol. The van der Waals surface area contributed by atoms with Crippen molar-refractivity contribution in [2.45, 2.75) is 25.8 Å². The molecule has 1 N–H and O–H groups in total. The van der Waals surface area contributed by atoms with Gasteiger partial charge in [-0.2, -0.15) is 5.10 Å². The van der Waals surface area contributed by atoms with Gasteiger partial charge in [0.25, 0.3) is 5.56 Å². The molecule has 27 heavy (non-hydrogen) atoms. The Morgan fingerprint density at radius 2 is 2.11 bits per heavy atom. The van der Waals surface area contributed by atoms with E-state index < -0.39 is 0 Å². The summed E-state index contributed by atoms with van der Waals surface area (Å²) in [6.45, 7) is 2.05. The quantitative estimate of drug-likeness (QED) is 0.520. The van der Waals surface area contributed by atoms with E-state index >= 15 is 0 Å². The maximum absolute atomic E-state index is 13.0. The van der Waals surface area contributed by atoms with Crippen LogP contribution in [0.2, 0.25) is 0 Å². The molecule has 4 aromatic heterocycles. The fraction of sp³-hybridized carbons (Fsp3) is 0.200. The summed E-state index contributed by atoms with van der Waals surface area (Å²) in [5.74, 6) is 0. The van der Waals surface area contributed by atoms with Crippen LogP contribution in [-0.4, -0.2) is 24.7 Å². The highest BCUT2D eigenvalue weighted by molar-refractivity contribution is 6.04. The molecular weight excluding hydrogens is 342 g/mol. The normalized spacial score (nSPS) is 14.6. The molecule has 4 heterocycles. The molecule has 6 rings (SSSR count). The Morgan fingerprint density at radius 3 is 2.96 bits per heavy atom. The summed E-state index contributed by atoms with van der Waals surface area (Å²) in [6, 6.07) is 6.38. The van der Waals surface area contributed by atoms with Gasteiger partial charge in [0.15, 0.2) is 23.1 Å². The van der Waals surface area contributed by atoms with Crippen LogP contribution >= 0.6 is 0 Å². The predicted molar refractivity (Wildman–Crippen MR) is 102 cm³/mol. The van der Waals surface area contributed by atoms with Crippen LogP contribution in [-0.2, 0) is 0 Å². The molecule has 7 heteroatoms. The topological polar surface area (TPSA) is 89.6 Å². The van der Waals surface area contributed by atoms with E-state index in [4.69, 9.17) is 4.42 Å². The smallest absolute Gasteiger partial charge is 0.281 e. The highest BCUT2D eigenvalue weighted by Gasteiger charge is 2.29. The second-order valence-electron chi connectivity index (χ2n) is 7.10. The molecule has 0 amide bonds. The number of aromatic amines is 1. The Morgan fingerprint density at radius 1 is 1.22 bits per heavy atom. The second-order valence-corrected chi connectivity index (χ2v) is 7.10. The maximum Gasteiger partial charge on any atom is 0.281 e. The number of hydrogen-bond donors (Lipinski definition) is 1. The third-order valence-electron chi connectivity index (χ3n) is 5.42. The lowest BCUT2D eigenvalue weighted by Gasteiger charge is -2.15. The zero-order chi connectivity index (χ0) is 18.1. The number of nitrogens with one attached hydrogen (secondary N) is 1. The van der Waals surface area contributed by atoms with E-state index in [-0.39, 0.29) is 11.6 Å². The van der Waals surface area contributed by atoms with Crippen molar-refractivity contribution in [3.63, 3.8) is 0 Å². The van der Waals surface area contributed by atoms with Gasteiger partial charge < -0.3 is 8.98 Å². The molecule has 0 unspecified atom stereocenters. The summed E-state index contributed by atoms with van der Waals surface area (Å²) in [5, 5.41) is 8.79. The number of pyridine rings is 2. The van der Waals surface area contributed by atoms with Crippen molar-refractivity contribution < 1.29 is 4.42 Å². The fourth-order valence-corrected chi connectivity index (χ4v) is 3.98. The third kappa shape index (κ3) is 1.96. The van der Waals surface area contributed by atoms with Gasteiger partial charge in [-0.05, 0) is 43.0 Å². The molecule has 0 bridgehead atoms. The minimum absolute atomic E-state index is 0.0718. The molecule has 1 aliphatic carbocycles. The van der Waals surface area contributed by atoms with Gasteiger partial charge in [0.1, 0.15) is 0 Å². The standard InChI is InChI=1S/C20H15N5O2/c1-10-14(11-6-12-8-23-24-19(12)21-7-11)4-5-15-17(10)25(13-2-3-13)20(26)16-18(15)27-9-22-16/h4-9,13H,2-3H2,1H3,(H,21,23,24). The number of fused-ring (bicyclic) bond motifs is 4. The van der Waals surface area contributed by atoms with Crippen LogP contribution in [0.25, 0.3) is 44.2 Å². The van der Waals surface area contributed by atoms with Gasteiger partial charge in [-0.15, -0.1) is 0 Å². The van der Waals surface area contributed by atoms with Gasteiger partial charge in [0.2, 0.25) is 0 Å². The van der Waals surface area contributed by atoms with E-state index in [2.05, 4.69) is 39.2 Å². The van der Waals surface area contributed by atoms with Crippen LogP contribution in [0, 0.1) is 6.92 Å². The molecule has 0 atom stereocenters. The molecule has 1 aliphatic rings. The summed E-state index contributed by atoms with van der Waals surface area (Å²) in [6.07, 6.45) is 6.99. The second kappa shape index (κ2) is 5.03. The molecule has 7 nitrogen and oxygen atoms in total. The number of oxazole rings is 1. The van der Waals surface area contributed by atoms with Crippen LogP contribution in [0.1, 0.15) is 24.4 Å². The first-order valence-corrected chi connectivity index (χ1v) is 8.93. The molecule has 0 radical (unpaired) electrons. The van der Waals surface area contributed by atoms with Gasteiger partial charge in [-0.1, -0.05) is 6.07 Å². The van der Waals surface area contributed by atoms with Crippen LogP contribution in [0.5, 0.6) is 0 Å². The van der Waals surface area contributed by atoms with Gasteiger partial charge >= 0.3 is 0 Å². The first-order valence-electron chi connectivity index (χ1n) is 8.93. The lowest BCUT2D eigenvalue weighted by Crippen LogP contribution is -2.20. The summed E-state index contributed by atoms with van der Waals surface area (Å²) < 4.78 is 7.47. The molecule has 132 valence electrons. The van der Waals surface area contributed by atoms with Crippen LogP contribution in [0.15, 0.2) is 46.2 Å².